The Morgan fingerprint density at radius 1 is 0.765 bits per heavy atom. The minimum atomic E-state index is 0.631. The van der Waals surface area contributed by atoms with Crippen LogP contribution in [0.1, 0.15) is 64.2 Å². The minimum Gasteiger partial charge on any atom is -0.271 e. The number of rotatable bonds is 3. The molecule has 3 aliphatic carbocycles. The fraction of sp³-hybridized carbons (Fsp3) is 1.00. The van der Waals surface area contributed by atoms with Gasteiger partial charge >= 0.3 is 0 Å². The lowest BCUT2D eigenvalue weighted by Gasteiger charge is -2.45. The van der Waals surface area contributed by atoms with Gasteiger partial charge in [0, 0.05) is 6.04 Å². The molecule has 98 valence electrons. The van der Waals surface area contributed by atoms with Gasteiger partial charge in [-0.15, -0.1) is 0 Å². The molecule has 3 rings (SSSR count). The largest absolute Gasteiger partial charge is 0.271 e. The maximum absolute atomic E-state index is 5.83. The standard InChI is InChI=1S/C15H28N2/c16-17-15(12-6-3-7-12)14-9-8-11-4-1-2-5-13(11)10-14/h11-15,17H,1-10,16H2. The van der Waals surface area contributed by atoms with Crippen LogP contribution in [0.4, 0.5) is 0 Å². The predicted octanol–water partition coefficient (Wildman–Crippen LogP) is 3.22. The first kappa shape index (κ1) is 12.0. The second-order valence-corrected chi connectivity index (χ2v) is 6.76. The summed E-state index contributed by atoms with van der Waals surface area (Å²) in [7, 11) is 0. The van der Waals surface area contributed by atoms with E-state index in [0.717, 1.165) is 23.7 Å². The Morgan fingerprint density at radius 3 is 2.18 bits per heavy atom. The molecule has 0 saturated heterocycles. The third-order valence-electron chi connectivity index (χ3n) is 5.94. The van der Waals surface area contributed by atoms with Gasteiger partial charge in [0.15, 0.2) is 0 Å². The highest BCUT2D eigenvalue weighted by molar-refractivity contribution is 4.92. The van der Waals surface area contributed by atoms with Crippen LogP contribution < -0.4 is 11.3 Å². The number of hydrazine groups is 1. The van der Waals surface area contributed by atoms with E-state index in [-0.39, 0.29) is 0 Å². The molecule has 4 unspecified atom stereocenters. The van der Waals surface area contributed by atoms with E-state index >= 15 is 0 Å². The van der Waals surface area contributed by atoms with Crippen molar-refractivity contribution in [3.63, 3.8) is 0 Å². The summed E-state index contributed by atoms with van der Waals surface area (Å²) in [5.41, 5.74) is 3.17. The molecule has 4 atom stereocenters. The summed E-state index contributed by atoms with van der Waals surface area (Å²) in [5, 5.41) is 0. The summed E-state index contributed by atoms with van der Waals surface area (Å²) in [6.45, 7) is 0. The van der Waals surface area contributed by atoms with E-state index in [1.54, 1.807) is 0 Å². The van der Waals surface area contributed by atoms with E-state index in [0.29, 0.717) is 6.04 Å². The molecule has 3 aliphatic rings. The average Bonchev–Trinajstić information content (AvgIpc) is 2.33. The Morgan fingerprint density at radius 2 is 1.53 bits per heavy atom. The topological polar surface area (TPSA) is 38.0 Å². The van der Waals surface area contributed by atoms with Gasteiger partial charge in [-0.1, -0.05) is 32.1 Å². The molecular formula is C15H28N2. The number of hydrogen-bond acceptors (Lipinski definition) is 2. The SMILES string of the molecule is NNC(C1CCC1)C1CCC2CCCCC2C1. The van der Waals surface area contributed by atoms with E-state index in [9.17, 15) is 0 Å². The van der Waals surface area contributed by atoms with Crippen molar-refractivity contribution in [1.82, 2.24) is 5.43 Å². The predicted molar refractivity (Wildman–Crippen MR) is 71.2 cm³/mol. The molecule has 0 amide bonds. The van der Waals surface area contributed by atoms with Crippen LogP contribution in [-0.4, -0.2) is 6.04 Å². The molecule has 0 bridgehead atoms. The number of nitrogens with two attached hydrogens (primary N) is 1. The van der Waals surface area contributed by atoms with Crippen molar-refractivity contribution in [2.75, 3.05) is 0 Å². The highest BCUT2D eigenvalue weighted by Crippen LogP contribution is 2.46. The Balaban J connectivity index is 1.59. The summed E-state index contributed by atoms with van der Waals surface area (Å²) >= 11 is 0. The summed E-state index contributed by atoms with van der Waals surface area (Å²) in [6, 6.07) is 0.631. The summed E-state index contributed by atoms with van der Waals surface area (Å²) < 4.78 is 0. The van der Waals surface area contributed by atoms with Crippen molar-refractivity contribution in [3.8, 4) is 0 Å². The maximum atomic E-state index is 5.83. The molecule has 3 saturated carbocycles. The fourth-order valence-corrected chi connectivity index (χ4v) is 4.69. The lowest BCUT2D eigenvalue weighted by atomic mass is 9.63. The fourth-order valence-electron chi connectivity index (χ4n) is 4.69. The van der Waals surface area contributed by atoms with Crippen molar-refractivity contribution >= 4 is 0 Å². The van der Waals surface area contributed by atoms with Crippen molar-refractivity contribution in [1.29, 1.82) is 0 Å². The van der Waals surface area contributed by atoms with Crippen LogP contribution in [-0.2, 0) is 0 Å². The van der Waals surface area contributed by atoms with Crippen molar-refractivity contribution in [3.05, 3.63) is 0 Å². The van der Waals surface area contributed by atoms with Crippen LogP contribution in [0.2, 0.25) is 0 Å². The lowest BCUT2D eigenvalue weighted by Crippen LogP contribution is -2.50. The van der Waals surface area contributed by atoms with Crippen LogP contribution in [0.25, 0.3) is 0 Å². The highest BCUT2D eigenvalue weighted by atomic mass is 15.2. The first-order valence-electron chi connectivity index (χ1n) is 7.84. The quantitative estimate of drug-likeness (QED) is 0.583. The first-order chi connectivity index (χ1) is 8.38. The Labute approximate surface area is 106 Å². The third kappa shape index (κ3) is 2.39. The van der Waals surface area contributed by atoms with E-state index in [1.807, 2.05) is 0 Å². The Hall–Kier alpha value is -0.0800. The molecule has 2 nitrogen and oxygen atoms in total. The molecule has 0 heterocycles. The van der Waals surface area contributed by atoms with Gasteiger partial charge in [0.2, 0.25) is 0 Å². The van der Waals surface area contributed by atoms with Crippen LogP contribution in [0.5, 0.6) is 0 Å². The maximum Gasteiger partial charge on any atom is 0.0267 e. The zero-order valence-corrected chi connectivity index (χ0v) is 11.0. The van der Waals surface area contributed by atoms with Crippen molar-refractivity contribution in [2.45, 2.75) is 70.3 Å². The van der Waals surface area contributed by atoms with E-state index < -0.39 is 0 Å². The van der Waals surface area contributed by atoms with Gasteiger partial charge in [-0.25, -0.2) is 0 Å². The van der Waals surface area contributed by atoms with Gasteiger partial charge < -0.3 is 0 Å². The molecule has 17 heavy (non-hydrogen) atoms. The molecule has 0 radical (unpaired) electrons. The molecule has 0 aliphatic heterocycles. The van der Waals surface area contributed by atoms with Gasteiger partial charge in [0.25, 0.3) is 0 Å². The normalized spacial score (nSPS) is 40.4. The Bertz CT molecular complexity index is 249. The summed E-state index contributed by atoms with van der Waals surface area (Å²) in [4.78, 5) is 0. The Kier molecular flexibility index (Phi) is 3.72. The van der Waals surface area contributed by atoms with Gasteiger partial charge in [-0.3, -0.25) is 11.3 Å². The zero-order chi connectivity index (χ0) is 11.7. The number of nitrogens with one attached hydrogen (secondary N) is 1. The molecule has 0 spiro atoms. The highest BCUT2D eigenvalue weighted by Gasteiger charge is 2.38. The number of hydrogen-bond donors (Lipinski definition) is 2. The second kappa shape index (κ2) is 5.27. The van der Waals surface area contributed by atoms with Gasteiger partial charge in [0.1, 0.15) is 0 Å². The average molecular weight is 236 g/mol. The molecule has 0 aromatic rings. The van der Waals surface area contributed by atoms with Crippen molar-refractivity contribution in [2.24, 2.45) is 29.5 Å². The van der Waals surface area contributed by atoms with Gasteiger partial charge in [0.05, 0.1) is 0 Å². The molecule has 3 N–H and O–H groups in total. The van der Waals surface area contributed by atoms with Crippen LogP contribution in [0, 0.1) is 23.7 Å². The zero-order valence-electron chi connectivity index (χ0n) is 11.0. The molecule has 0 aromatic carbocycles. The smallest absolute Gasteiger partial charge is 0.0267 e. The van der Waals surface area contributed by atoms with E-state index in [2.05, 4.69) is 5.43 Å². The van der Waals surface area contributed by atoms with Crippen LogP contribution in [0.3, 0.4) is 0 Å². The van der Waals surface area contributed by atoms with Gasteiger partial charge in [-0.2, -0.15) is 0 Å². The van der Waals surface area contributed by atoms with Crippen LogP contribution in [0.15, 0.2) is 0 Å². The second-order valence-electron chi connectivity index (χ2n) is 6.76. The first-order valence-corrected chi connectivity index (χ1v) is 7.84. The lowest BCUT2D eigenvalue weighted by molar-refractivity contribution is 0.0752. The minimum absolute atomic E-state index is 0.631. The van der Waals surface area contributed by atoms with Crippen LogP contribution >= 0.6 is 0 Å². The molecule has 2 heteroatoms. The summed E-state index contributed by atoms with van der Waals surface area (Å²) in [6.07, 6.45) is 14.7. The van der Waals surface area contributed by atoms with E-state index in [1.165, 1.54) is 64.2 Å². The molecule has 3 fully saturated rings. The monoisotopic (exact) mass is 236 g/mol. The number of fused-ring (bicyclic) bond motifs is 1. The molecular weight excluding hydrogens is 208 g/mol. The van der Waals surface area contributed by atoms with E-state index in [4.69, 9.17) is 5.84 Å². The van der Waals surface area contributed by atoms with Crippen molar-refractivity contribution < 1.29 is 0 Å². The summed E-state index contributed by atoms with van der Waals surface area (Å²) in [5.74, 6) is 9.71. The molecule has 0 aromatic heterocycles. The van der Waals surface area contributed by atoms with Gasteiger partial charge in [-0.05, 0) is 55.8 Å². The third-order valence-corrected chi connectivity index (χ3v) is 5.94.